The zero-order valence-corrected chi connectivity index (χ0v) is 15.3. The van der Waals surface area contributed by atoms with E-state index in [1.54, 1.807) is 0 Å². The molecule has 0 amide bonds. The topological polar surface area (TPSA) is 63.6 Å². The summed E-state index contributed by atoms with van der Waals surface area (Å²) in [4.78, 5) is 21.3. The molecule has 4 nitrogen and oxygen atoms in total. The fraction of sp³-hybridized carbons (Fsp3) is 0.684. The van der Waals surface area contributed by atoms with Gasteiger partial charge in [0, 0.05) is 11.1 Å². The molecule has 1 N–H and O–H groups in total. The Morgan fingerprint density at radius 3 is 1.96 bits per heavy atom. The Hall–Kier alpha value is -1.58. The third kappa shape index (κ3) is 15.1. The lowest BCUT2D eigenvalue weighted by atomic mass is 10.1. The Kier molecular flexibility index (Phi) is 15.8. The zero-order valence-electron chi connectivity index (χ0n) is 15.3. The van der Waals surface area contributed by atoms with E-state index in [1.165, 1.54) is 19.8 Å². The highest BCUT2D eigenvalue weighted by Gasteiger charge is 2.14. The molecule has 0 fully saturated rings. The van der Waals surface area contributed by atoms with Crippen LogP contribution in [0.5, 0.6) is 0 Å². The molecular formula is C19H34O4. The Bertz CT molecular complexity index is 360. The van der Waals surface area contributed by atoms with Gasteiger partial charge in [0.15, 0.2) is 0 Å². The third-order valence-electron chi connectivity index (χ3n) is 3.34. The van der Waals surface area contributed by atoms with Crippen molar-refractivity contribution < 1.29 is 19.4 Å². The van der Waals surface area contributed by atoms with Crippen molar-refractivity contribution in [2.75, 3.05) is 0 Å². The first-order valence-corrected chi connectivity index (χ1v) is 8.57. The minimum atomic E-state index is -0.935. The van der Waals surface area contributed by atoms with Crippen LogP contribution < -0.4 is 0 Å². The molecule has 0 aromatic carbocycles. The van der Waals surface area contributed by atoms with Gasteiger partial charge in [-0.25, -0.2) is 9.59 Å². The van der Waals surface area contributed by atoms with Crippen molar-refractivity contribution in [2.24, 2.45) is 0 Å². The summed E-state index contributed by atoms with van der Waals surface area (Å²) in [5, 5.41) is 7.89. The number of hydrogen-bond donors (Lipinski definition) is 1. The van der Waals surface area contributed by atoms with E-state index in [1.807, 2.05) is 0 Å². The number of aliphatic carboxylic acids is 1. The van der Waals surface area contributed by atoms with Crippen LogP contribution in [0.25, 0.3) is 0 Å². The van der Waals surface area contributed by atoms with Gasteiger partial charge in [0.2, 0.25) is 0 Å². The minimum absolute atomic E-state index is 0.0763. The molecule has 0 rings (SSSR count). The molecule has 0 saturated heterocycles. The van der Waals surface area contributed by atoms with Gasteiger partial charge in [-0.3, -0.25) is 0 Å². The SMILES string of the molecule is C=C(C)C(=O)O.C=C(CCCC)C(=O)OC(CC)CCCCC. The second-order valence-electron chi connectivity index (χ2n) is 5.72. The van der Waals surface area contributed by atoms with Gasteiger partial charge in [0.1, 0.15) is 6.10 Å². The van der Waals surface area contributed by atoms with E-state index in [-0.39, 0.29) is 17.6 Å². The number of carbonyl (C=O) groups excluding carboxylic acids is 1. The van der Waals surface area contributed by atoms with Gasteiger partial charge in [0.05, 0.1) is 0 Å². The fourth-order valence-corrected chi connectivity index (χ4v) is 1.70. The predicted octanol–water partition coefficient (Wildman–Crippen LogP) is 5.28. The molecule has 23 heavy (non-hydrogen) atoms. The molecule has 1 atom stereocenters. The number of carboxylic acid groups (broad SMARTS) is 1. The lowest BCUT2D eigenvalue weighted by molar-refractivity contribution is -0.145. The number of ether oxygens (including phenoxy) is 1. The van der Waals surface area contributed by atoms with Crippen LogP contribution in [0, 0.1) is 0 Å². The number of esters is 1. The van der Waals surface area contributed by atoms with Crippen molar-refractivity contribution in [1.29, 1.82) is 0 Å². The van der Waals surface area contributed by atoms with E-state index in [0.29, 0.717) is 5.57 Å². The summed E-state index contributed by atoms with van der Waals surface area (Å²) in [6.07, 6.45) is 8.38. The molecule has 0 aromatic heterocycles. The van der Waals surface area contributed by atoms with Gasteiger partial charge in [-0.05, 0) is 39.0 Å². The van der Waals surface area contributed by atoms with E-state index in [9.17, 15) is 9.59 Å². The Morgan fingerprint density at radius 1 is 1.04 bits per heavy atom. The van der Waals surface area contributed by atoms with Crippen LogP contribution in [0.1, 0.15) is 79.1 Å². The normalized spacial score (nSPS) is 11.0. The maximum Gasteiger partial charge on any atom is 0.333 e. The second-order valence-corrected chi connectivity index (χ2v) is 5.72. The molecule has 0 aliphatic carbocycles. The molecule has 0 saturated carbocycles. The van der Waals surface area contributed by atoms with Crippen LogP contribution >= 0.6 is 0 Å². The number of unbranched alkanes of at least 4 members (excludes halogenated alkanes) is 3. The van der Waals surface area contributed by atoms with E-state index in [2.05, 4.69) is 33.9 Å². The van der Waals surface area contributed by atoms with Gasteiger partial charge in [0.25, 0.3) is 0 Å². The first-order chi connectivity index (χ1) is 10.8. The summed E-state index contributed by atoms with van der Waals surface area (Å²) in [6, 6.07) is 0. The highest BCUT2D eigenvalue weighted by Crippen LogP contribution is 2.14. The standard InChI is InChI=1S/C15H28O2.C4H6O2/c1-5-8-10-12-14(7-3)17-15(16)13(4)11-9-6-2;1-3(2)4(5)6/h14H,4-12H2,1-3H3;1H2,2H3,(H,5,6). The summed E-state index contributed by atoms with van der Waals surface area (Å²) in [7, 11) is 0. The van der Waals surface area contributed by atoms with Gasteiger partial charge in [-0.15, -0.1) is 0 Å². The van der Waals surface area contributed by atoms with Crippen LogP contribution in [-0.2, 0) is 14.3 Å². The first-order valence-electron chi connectivity index (χ1n) is 8.57. The van der Waals surface area contributed by atoms with Crippen molar-refractivity contribution in [2.45, 2.75) is 85.2 Å². The molecule has 0 aliphatic heterocycles. The van der Waals surface area contributed by atoms with Crippen LogP contribution in [0.3, 0.4) is 0 Å². The quantitative estimate of drug-likeness (QED) is 0.318. The molecule has 0 aromatic rings. The highest BCUT2D eigenvalue weighted by atomic mass is 16.5. The number of rotatable bonds is 11. The van der Waals surface area contributed by atoms with Crippen molar-refractivity contribution in [3.63, 3.8) is 0 Å². The molecule has 0 aliphatic rings. The van der Waals surface area contributed by atoms with Gasteiger partial charge >= 0.3 is 11.9 Å². The zero-order chi connectivity index (χ0) is 18.3. The van der Waals surface area contributed by atoms with Crippen LogP contribution in [0.4, 0.5) is 0 Å². The molecule has 134 valence electrons. The largest absolute Gasteiger partial charge is 0.478 e. The number of carbonyl (C=O) groups is 2. The fourth-order valence-electron chi connectivity index (χ4n) is 1.70. The number of hydrogen-bond acceptors (Lipinski definition) is 3. The van der Waals surface area contributed by atoms with E-state index in [4.69, 9.17) is 9.84 Å². The molecule has 0 radical (unpaired) electrons. The molecule has 0 heterocycles. The summed E-state index contributed by atoms with van der Waals surface area (Å²) in [6.45, 7) is 14.8. The van der Waals surface area contributed by atoms with E-state index < -0.39 is 5.97 Å². The third-order valence-corrected chi connectivity index (χ3v) is 3.34. The maximum atomic E-state index is 11.7. The van der Waals surface area contributed by atoms with Crippen molar-refractivity contribution in [1.82, 2.24) is 0 Å². The highest BCUT2D eigenvalue weighted by molar-refractivity contribution is 5.87. The lowest BCUT2D eigenvalue weighted by Crippen LogP contribution is -2.18. The van der Waals surface area contributed by atoms with Crippen molar-refractivity contribution in [3.8, 4) is 0 Å². The Labute approximate surface area is 141 Å². The van der Waals surface area contributed by atoms with Gasteiger partial charge in [-0.1, -0.05) is 53.2 Å². The van der Waals surface area contributed by atoms with Gasteiger partial charge < -0.3 is 9.84 Å². The first kappa shape index (κ1) is 23.7. The molecule has 0 bridgehead atoms. The van der Waals surface area contributed by atoms with E-state index >= 15 is 0 Å². The second kappa shape index (κ2) is 15.3. The summed E-state index contributed by atoms with van der Waals surface area (Å²) in [5.74, 6) is -1.13. The average molecular weight is 326 g/mol. The summed E-state index contributed by atoms with van der Waals surface area (Å²) in [5.41, 5.74) is 0.802. The Morgan fingerprint density at radius 2 is 1.57 bits per heavy atom. The summed E-state index contributed by atoms with van der Waals surface area (Å²) >= 11 is 0. The Balaban J connectivity index is 0. The molecular weight excluding hydrogens is 292 g/mol. The van der Waals surface area contributed by atoms with Crippen LogP contribution in [-0.4, -0.2) is 23.1 Å². The maximum absolute atomic E-state index is 11.7. The molecule has 1 unspecified atom stereocenters. The number of carboxylic acids is 1. The molecule has 4 heteroatoms. The predicted molar refractivity (Wildman–Crippen MR) is 95.4 cm³/mol. The molecule has 0 spiro atoms. The summed E-state index contributed by atoms with van der Waals surface area (Å²) < 4.78 is 5.47. The minimum Gasteiger partial charge on any atom is -0.478 e. The van der Waals surface area contributed by atoms with Crippen molar-refractivity contribution in [3.05, 3.63) is 24.3 Å². The van der Waals surface area contributed by atoms with Crippen LogP contribution in [0.2, 0.25) is 0 Å². The smallest absolute Gasteiger partial charge is 0.333 e. The van der Waals surface area contributed by atoms with Crippen LogP contribution in [0.15, 0.2) is 24.3 Å². The monoisotopic (exact) mass is 326 g/mol. The lowest BCUT2D eigenvalue weighted by Gasteiger charge is -2.16. The van der Waals surface area contributed by atoms with Gasteiger partial charge in [-0.2, -0.15) is 0 Å². The van der Waals surface area contributed by atoms with E-state index in [0.717, 1.165) is 38.5 Å². The average Bonchev–Trinajstić information content (AvgIpc) is 2.51. The van der Waals surface area contributed by atoms with Crippen molar-refractivity contribution >= 4 is 11.9 Å².